The van der Waals surface area contributed by atoms with Crippen LogP contribution in [0, 0.1) is 0 Å². The van der Waals surface area contributed by atoms with Gasteiger partial charge >= 0.3 is 5.97 Å². The topological polar surface area (TPSA) is 84.5 Å². The molecule has 30 heavy (non-hydrogen) atoms. The summed E-state index contributed by atoms with van der Waals surface area (Å²) in [7, 11) is 0. The van der Waals surface area contributed by atoms with E-state index in [1.54, 1.807) is 25.1 Å². The van der Waals surface area contributed by atoms with E-state index < -0.39 is 36.5 Å². The van der Waals surface area contributed by atoms with Gasteiger partial charge in [0.1, 0.15) is 6.54 Å². The van der Waals surface area contributed by atoms with Crippen molar-refractivity contribution in [2.75, 3.05) is 6.54 Å². The number of ether oxygens (including phenoxy) is 1. The standard InChI is InChI=1S/C20H18Cl4N2O4/c1-10(14-5-3-12(21)7-16(14)23)26-19(28)11(2)30-18(27)9-25-20(29)15-6-4-13(22)8-17(15)24/h3-8,10-11H,9H2,1-2H3,(H,25,29)(H,26,28). The molecule has 0 aliphatic heterocycles. The third-order valence-electron chi connectivity index (χ3n) is 4.03. The maximum Gasteiger partial charge on any atom is 0.326 e. The van der Waals surface area contributed by atoms with Gasteiger partial charge in [0.05, 0.1) is 16.6 Å². The van der Waals surface area contributed by atoms with Gasteiger partial charge in [0, 0.05) is 15.1 Å². The van der Waals surface area contributed by atoms with Gasteiger partial charge in [0.25, 0.3) is 11.8 Å². The van der Waals surface area contributed by atoms with Crippen molar-refractivity contribution in [3.63, 3.8) is 0 Å². The van der Waals surface area contributed by atoms with Crippen LogP contribution in [0.5, 0.6) is 0 Å². The van der Waals surface area contributed by atoms with Gasteiger partial charge in [-0.25, -0.2) is 0 Å². The Balaban J connectivity index is 1.85. The van der Waals surface area contributed by atoms with E-state index in [-0.39, 0.29) is 10.6 Å². The van der Waals surface area contributed by atoms with Crippen molar-refractivity contribution in [3.05, 3.63) is 67.6 Å². The average Bonchev–Trinajstić information content (AvgIpc) is 2.65. The molecular formula is C20H18Cl4N2O4. The summed E-state index contributed by atoms with van der Waals surface area (Å²) >= 11 is 23.7. The summed E-state index contributed by atoms with van der Waals surface area (Å²) in [5.41, 5.74) is 0.827. The number of hydrogen-bond donors (Lipinski definition) is 2. The van der Waals surface area contributed by atoms with Crippen molar-refractivity contribution in [1.29, 1.82) is 0 Å². The quantitative estimate of drug-likeness (QED) is 0.542. The highest BCUT2D eigenvalue weighted by atomic mass is 35.5. The minimum Gasteiger partial charge on any atom is -0.451 e. The lowest BCUT2D eigenvalue weighted by Gasteiger charge is -2.19. The summed E-state index contributed by atoms with van der Waals surface area (Å²) in [5.74, 6) is -1.88. The fourth-order valence-corrected chi connectivity index (χ4v) is 3.54. The second kappa shape index (κ2) is 10.9. The van der Waals surface area contributed by atoms with Crippen LogP contribution in [-0.4, -0.2) is 30.4 Å². The molecule has 10 heteroatoms. The number of halogens is 4. The Morgan fingerprint density at radius 1 is 0.933 bits per heavy atom. The molecule has 2 aromatic carbocycles. The molecule has 0 fully saturated rings. The molecule has 160 valence electrons. The highest BCUT2D eigenvalue weighted by Crippen LogP contribution is 2.26. The number of nitrogens with one attached hydrogen (secondary N) is 2. The summed E-state index contributed by atoms with van der Waals surface area (Å²) in [6, 6.07) is 8.84. The van der Waals surface area contributed by atoms with Crippen LogP contribution in [0.15, 0.2) is 36.4 Å². The number of esters is 1. The van der Waals surface area contributed by atoms with Gasteiger partial charge in [-0.1, -0.05) is 52.5 Å². The molecule has 0 radical (unpaired) electrons. The predicted octanol–water partition coefficient (Wildman–Crippen LogP) is 4.84. The molecule has 0 heterocycles. The number of carbonyl (C=O) groups excluding carboxylic acids is 3. The van der Waals surface area contributed by atoms with Crippen LogP contribution in [0.2, 0.25) is 20.1 Å². The minimum atomic E-state index is -1.08. The van der Waals surface area contributed by atoms with E-state index in [2.05, 4.69) is 10.6 Å². The summed E-state index contributed by atoms with van der Waals surface area (Å²) in [5, 5.41) is 6.50. The minimum absolute atomic E-state index is 0.149. The fourth-order valence-electron chi connectivity index (χ4n) is 2.47. The maximum absolute atomic E-state index is 12.3. The molecule has 0 saturated carbocycles. The van der Waals surface area contributed by atoms with E-state index >= 15 is 0 Å². The van der Waals surface area contributed by atoms with Crippen molar-refractivity contribution in [2.45, 2.75) is 26.0 Å². The van der Waals surface area contributed by atoms with E-state index in [9.17, 15) is 14.4 Å². The highest BCUT2D eigenvalue weighted by molar-refractivity contribution is 6.37. The van der Waals surface area contributed by atoms with Gasteiger partial charge in [0.2, 0.25) is 0 Å². The largest absolute Gasteiger partial charge is 0.451 e. The first-order chi connectivity index (χ1) is 14.1. The normalized spacial score (nSPS) is 12.6. The first kappa shape index (κ1) is 24.3. The number of rotatable bonds is 7. The Morgan fingerprint density at radius 2 is 1.53 bits per heavy atom. The van der Waals surface area contributed by atoms with E-state index in [1.807, 2.05) is 0 Å². The first-order valence-electron chi connectivity index (χ1n) is 8.76. The number of carbonyl (C=O) groups is 3. The molecule has 0 bridgehead atoms. The Bertz CT molecular complexity index is 968. The Hall–Kier alpha value is -1.99. The summed E-state index contributed by atoms with van der Waals surface area (Å²) in [6.07, 6.45) is -1.08. The maximum atomic E-state index is 12.3. The molecule has 6 nitrogen and oxygen atoms in total. The molecule has 2 atom stereocenters. The molecule has 0 aromatic heterocycles. The van der Waals surface area contributed by atoms with Crippen LogP contribution in [0.3, 0.4) is 0 Å². The fraction of sp³-hybridized carbons (Fsp3) is 0.250. The van der Waals surface area contributed by atoms with Crippen molar-refractivity contribution in [1.82, 2.24) is 10.6 Å². The van der Waals surface area contributed by atoms with Crippen LogP contribution in [0.4, 0.5) is 0 Å². The SMILES string of the molecule is CC(OC(=O)CNC(=O)c1ccc(Cl)cc1Cl)C(=O)NC(C)c1ccc(Cl)cc1Cl. The molecule has 0 aliphatic carbocycles. The molecule has 0 aliphatic rings. The number of benzene rings is 2. The third-order valence-corrected chi connectivity index (χ3v) is 5.14. The van der Waals surface area contributed by atoms with Gasteiger partial charge in [0.15, 0.2) is 6.10 Å². The molecule has 0 saturated heterocycles. The molecular weight excluding hydrogens is 474 g/mol. The average molecular weight is 492 g/mol. The predicted molar refractivity (Wildman–Crippen MR) is 117 cm³/mol. The molecule has 2 aromatic rings. The van der Waals surface area contributed by atoms with E-state index in [1.165, 1.54) is 25.1 Å². The monoisotopic (exact) mass is 490 g/mol. The second-order valence-corrected chi connectivity index (χ2v) is 8.02. The van der Waals surface area contributed by atoms with Crippen LogP contribution in [0.1, 0.15) is 35.8 Å². The zero-order chi connectivity index (χ0) is 22.4. The second-order valence-electron chi connectivity index (χ2n) is 6.34. The molecule has 2 rings (SSSR count). The zero-order valence-electron chi connectivity index (χ0n) is 16.0. The van der Waals surface area contributed by atoms with Gasteiger partial charge in [-0.05, 0) is 49.7 Å². The molecule has 2 amide bonds. The van der Waals surface area contributed by atoms with Crippen LogP contribution >= 0.6 is 46.4 Å². The van der Waals surface area contributed by atoms with Crippen molar-refractivity contribution in [2.24, 2.45) is 0 Å². The summed E-state index contributed by atoms with van der Waals surface area (Å²) in [6.45, 7) is 2.72. The van der Waals surface area contributed by atoms with Crippen LogP contribution in [0.25, 0.3) is 0 Å². The Kier molecular flexibility index (Phi) is 8.79. The summed E-state index contributed by atoms with van der Waals surface area (Å²) in [4.78, 5) is 36.4. The highest BCUT2D eigenvalue weighted by Gasteiger charge is 2.21. The van der Waals surface area contributed by atoms with Crippen molar-refractivity contribution >= 4 is 64.2 Å². The molecule has 0 spiro atoms. The lowest BCUT2D eigenvalue weighted by molar-refractivity contribution is -0.154. The molecule has 2 unspecified atom stereocenters. The lowest BCUT2D eigenvalue weighted by atomic mass is 10.1. The van der Waals surface area contributed by atoms with Crippen LogP contribution in [-0.2, 0) is 14.3 Å². The first-order valence-corrected chi connectivity index (χ1v) is 10.3. The number of hydrogen-bond acceptors (Lipinski definition) is 4. The third kappa shape index (κ3) is 6.77. The zero-order valence-corrected chi connectivity index (χ0v) is 19.0. The van der Waals surface area contributed by atoms with Crippen molar-refractivity contribution < 1.29 is 19.1 Å². The smallest absolute Gasteiger partial charge is 0.326 e. The Morgan fingerprint density at radius 3 is 2.13 bits per heavy atom. The van der Waals surface area contributed by atoms with Gasteiger partial charge in [-0.15, -0.1) is 0 Å². The lowest BCUT2D eigenvalue weighted by Crippen LogP contribution is -2.39. The van der Waals surface area contributed by atoms with E-state index in [0.29, 0.717) is 20.6 Å². The summed E-state index contributed by atoms with van der Waals surface area (Å²) < 4.78 is 5.06. The van der Waals surface area contributed by atoms with Gasteiger partial charge < -0.3 is 15.4 Å². The number of amides is 2. The van der Waals surface area contributed by atoms with Gasteiger partial charge in [-0.2, -0.15) is 0 Å². The van der Waals surface area contributed by atoms with E-state index in [0.717, 1.165) is 0 Å². The van der Waals surface area contributed by atoms with Gasteiger partial charge in [-0.3, -0.25) is 14.4 Å². The van der Waals surface area contributed by atoms with Crippen LogP contribution < -0.4 is 10.6 Å². The molecule has 2 N–H and O–H groups in total. The van der Waals surface area contributed by atoms with Crippen molar-refractivity contribution in [3.8, 4) is 0 Å². The van der Waals surface area contributed by atoms with E-state index in [4.69, 9.17) is 51.1 Å². The Labute approximate surface area is 193 Å².